The fourth-order valence-corrected chi connectivity index (χ4v) is 1.46. The van der Waals surface area contributed by atoms with Crippen molar-refractivity contribution in [2.75, 3.05) is 11.9 Å². The molecule has 1 heterocycles. The average Bonchev–Trinajstić information content (AvgIpc) is 2.15. The summed E-state index contributed by atoms with van der Waals surface area (Å²) < 4.78 is 0. The van der Waals surface area contributed by atoms with E-state index in [1.54, 1.807) is 12.3 Å². The lowest BCUT2D eigenvalue weighted by atomic mass is 10.0. The number of hydrogen-bond donors (Lipinski definition) is 2. The lowest BCUT2D eigenvalue weighted by Gasteiger charge is -2.23. The first kappa shape index (κ1) is 11.9. The van der Waals surface area contributed by atoms with E-state index in [4.69, 9.17) is 0 Å². The zero-order valence-corrected chi connectivity index (χ0v) is 9.62. The number of nitrogens with one attached hydrogen (secondary N) is 1. The molecule has 0 aliphatic heterocycles. The highest BCUT2D eigenvalue weighted by Gasteiger charge is 2.18. The van der Waals surface area contributed by atoms with Crippen LogP contribution in [0.1, 0.15) is 32.5 Å². The van der Waals surface area contributed by atoms with Crippen LogP contribution in [-0.2, 0) is 0 Å². The van der Waals surface area contributed by atoms with Crippen molar-refractivity contribution in [2.24, 2.45) is 0 Å². The molecule has 4 nitrogen and oxygen atoms in total. The van der Waals surface area contributed by atoms with Crippen molar-refractivity contribution in [2.45, 2.75) is 39.2 Å². The summed E-state index contributed by atoms with van der Waals surface area (Å²) >= 11 is 0. The van der Waals surface area contributed by atoms with Gasteiger partial charge in [-0.3, -0.25) is 0 Å². The lowest BCUT2D eigenvalue weighted by molar-refractivity contribution is 0.0636. The van der Waals surface area contributed by atoms with Crippen LogP contribution in [0, 0.1) is 6.92 Å². The van der Waals surface area contributed by atoms with Crippen LogP contribution in [0.5, 0.6) is 0 Å². The summed E-state index contributed by atoms with van der Waals surface area (Å²) in [5, 5.41) is 13.0. The van der Waals surface area contributed by atoms with Gasteiger partial charge in [0.25, 0.3) is 0 Å². The second kappa shape index (κ2) is 5.07. The predicted octanol–water partition coefficient (Wildman–Crippen LogP) is 1.75. The highest BCUT2D eigenvalue weighted by Crippen LogP contribution is 2.12. The van der Waals surface area contributed by atoms with Crippen molar-refractivity contribution in [3.8, 4) is 0 Å². The molecule has 0 amide bonds. The van der Waals surface area contributed by atoms with Gasteiger partial charge in [0.15, 0.2) is 0 Å². The molecule has 1 atom stereocenters. The summed E-state index contributed by atoms with van der Waals surface area (Å²) in [5.41, 5.74) is -0.673. The molecule has 0 aliphatic carbocycles. The Labute approximate surface area is 90.8 Å². The smallest absolute Gasteiger partial charge is 0.129 e. The maximum atomic E-state index is 9.94. The minimum absolute atomic E-state index is 0.511. The van der Waals surface area contributed by atoms with E-state index in [-0.39, 0.29) is 0 Å². The van der Waals surface area contributed by atoms with Crippen LogP contribution in [0.2, 0.25) is 0 Å². The minimum atomic E-state index is -0.673. The molecule has 1 aromatic rings. The molecule has 2 N–H and O–H groups in total. The fourth-order valence-electron chi connectivity index (χ4n) is 1.46. The molecule has 0 saturated carbocycles. The van der Waals surface area contributed by atoms with E-state index < -0.39 is 5.60 Å². The molecule has 1 unspecified atom stereocenters. The van der Waals surface area contributed by atoms with Gasteiger partial charge in [-0.15, -0.1) is 0 Å². The normalized spacial score (nSPS) is 14.7. The van der Waals surface area contributed by atoms with E-state index in [0.717, 1.165) is 24.5 Å². The molecule has 15 heavy (non-hydrogen) atoms. The first-order chi connectivity index (χ1) is 7.03. The van der Waals surface area contributed by atoms with E-state index in [0.29, 0.717) is 6.54 Å². The fraction of sp³-hybridized carbons (Fsp3) is 0.636. The van der Waals surface area contributed by atoms with Gasteiger partial charge in [-0.05, 0) is 26.3 Å². The third-order valence-electron chi connectivity index (χ3n) is 2.21. The number of nitrogens with zero attached hydrogens (tertiary/aromatic N) is 2. The van der Waals surface area contributed by atoms with Crippen molar-refractivity contribution in [1.82, 2.24) is 9.97 Å². The van der Waals surface area contributed by atoms with Crippen LogP contribution in [0.3, 0.4) is 0 Å². The van der Waals surface area contributed by atoms with Gasteiger partial charge in [0.05, 0.1) is 5.60 Å². The van der Waals surface area contributed by atoms with Gasteiger partial charge in [-0.1, -0.05) is 13.3 Å². The summed E-state index contributed by atoms with van der Waals surface area (Å²) in [4.78, 5) is 8.21. The largest absolute Gasteiger partial charge is 0.388 e. The van der Waals surface area contributed by atoms with E-state index >= 15 is 0 Å². The Balaban J connectivity index is 2.49. The standard InChI is InChI=1S/C11H19N3O/c1-4-6-11(3,15)8-13-10-5-7-12-9(2)14-10/h5,7,15H,4,6,8H2,1-3H3,(H,12,13,14). The third kappa shape index (κ3) is 4.25. The summed E-state index contributed by atoms with van der Waals surface area (Å²) in [5.74, 6) is 1.49. The van der Waals surface area contributed by atoms with Gasteiger partial charge < -0.3 is 10.4 Å². The van der Waals surface area contributed by atoms with Gasteiger partial charge in [0.1, 0.15) is 11.6 Å². The van der Waals surface area contributed by atoms with Crippen LogP contribution < -0.4 is 5.32 Å². The van der Waals surface area contributed by atoms with E-state index in [1.807, 2.05) is 13.8 Å². The molecular weight excluding hydrogens is 190 g/mol. The number of aliphatic hydroxyl groups is 1. The second-order valence-electron chi connectivity index (χ2n) is 4.09. The van der Waals surface area contributed by atoms with Crippen LogP contribution in [-0.4, -0.2) is 27.2 Å². The monoisotopic (exact) mass is 209 g/mol. The molecule has 0 saturated heterocycles. The highest BCUT2D eigenvalue weighted by atomic mass is 16.3. The Kier molecular flexibility index (Phi) is 4.03. The van der Waals surface area contributed by atoms with Crippen LogP contribution in [0.25, 0.3) is 0 Å². The zero-order chi connectivity index (χ0) is 11.3. The first-order valence-corrected chi connectivity index (χ1v) is 5.29. The molecule has 84 valence electrons. The van der Waals surface area contributed by atoms with Crippen LogP contribution in [0.15, 0.2) is 12.3 Å². The maximum Gasteiger partial charge on any atom is 0.129 e. The number of hydrogen-bond acceptors (Lipinski definition) is 4. The lowest BCUT2D eigenvalue weighted by Crippen LogP contribution is -2.33. The number of aromatic nitrogens is 2. The summed E-state index contributed by atoms with van der Waals surface area (Å²) in [7, 11) is 0. The average molecular weight is 209 g/mol. The van der Waals surface area contributed by atoms with Crippen LogP contribution >= 0.6 is 0 Å². The summed E-state index contributed by atoms with van der Waals surface area (Å²) in [6.07, 6.45) is 3.46. The van der Waals surface area contributed by atoms with Crippen molar-refractivity contribution in [1.29, 1.82) is 0 Å². The molecule has 0 aromatic carbocycles. The number of rotatable bonds is 5. The van der Waals surface area contributed by atoms with Gasteiger partial charge in [-0.2, -0.15) is 0 Å². The van der Waals surface area contributed by atoms with Gasteiger partial charge >= 0.3 is 0 Å². The molecule has 0 spiro atoms. The Morgan fingerprint density at radius 2 is 2.27 bits per heavy atom. The van der Waals surface area contributed by atoms with Crippen molar-refractivity contribution < 1.29 is 5.11 Å². The van der Waals surface area contributed by atoms with Crippen LogP contribution in [0.4, 0.5) is 5.82 Å². The summed E-state index contributed by atoms with van der Waals surface area (Å²) in [6.45, 7) is 6.24. The Bertz CT molecular complexity index is 312. The maximum absolute atomic E-state index is 9.94. The SMILES string of the molecule is CCCC(C)(O)CNc1ccnc(C)n1. The minimum Gasteiger partial charge on any atom is -0.388 e. The number of aryl methyl sites for hydroxylation is 1. The molecule has 0 bridgehead atoms. The van der Waals surface area contributed by atoms with Gasteiger partial charge in [-0.25, -0.2) is 9.97 Å². The van der Waals surface area contributed by atoms with Crippen molar-refractivity contribution >= 4 is 5.82 Å². The molecule has 1 aromatic heterocycles. The zero-order valence-electron chi connectivity index (χ0n) is 9.62. The van der Waals surface area contributed by atoms with Gasteiger partial charge in [0.2, 0.25) is 0 Å². The van der Waals surface area contributed by atoms with Crippen molar-refractivity contribution in [3.05, 3.63) is 18.1 Å². The van der Waals surface area contributed by atoms with E-state index in [1.165, 1.54) is 0 Å². The quantitative estimate of drug-likeness (QED) is 0.775. The Hall–Kier alpha value is -1.16. The molecule has 0 aliphatic rings. The number of anilines is 1. The highest BCUT2D eigenvalue weighted by molar-refractivity contribution is 5.33. The van der Waals surface area contributed by atoms with Crippen molar-refractivity contribution in [3.63, 3.8) is 0 Å². The second-order valence-corrected chi connectivity index (χ2v) is 4.09. The molecule has 0 fully saturated rings. The third-order valence-corrected chi connectivity index (χ3v) is 2.21. The molecular formula is C11H19N3O. The molecule has 4 heteroatoms. The predicted molar refractivity (Wildman–Crippen MR) is 60.8 cm³/mol. The molecule has 1 rings (SSSR count). The molecule has 0 radical (unpaired) electrons. The van der Waals surface area contributed by atoms with Gasteiger partial charge in [0, 0.05) is 12.7 Å². The topological polar surface area (TPSA) is 58.0 Å². The van der Waals surface area contributed by atoms with E-state index in [9.17, 15) is 5.11 Å². The first-order valence-electron chi connectivity index (χ1n) is 5.29. The van der Waals surface area contributed by atoms with E-state index in [2.05, 4.69) is 22.2 Å². The summed E-state index contributed by atoms with van der Waals surface area (Å²) in [6, 6.07) is 1.80. The Morgan fingerprint density at radius 3 is 2.87 bits per heavy atom. The Morgan fingerprint density at radius 1 is 1.53 bits per heavy atom.